The van der Waals surface area contributed by atoms with E-state index in [-0.39, 0.29) is 36.1 Å². The van der Waals surface area contributed by atoms with Crippen LogP contribution < -0.4 is 5.32 Å². The third-order valence-corrected chi connectivity index (χ3v) is 6.04. The molecular formula is C18H25N3O4S2. The number of anilines is 1. The molecule has 0 aliphatic carbocycles. The molecule has 1 aromatic carbocycles. The molecule has 1 N–H and O–H groups in total. The Labute approximate surface area is 168 Å². The predicted molar refractivity (Wildman–Crippen MR) is 109 cm³/mol. The van der Waals surface area contributed by atoms with E-state index in [1.165, 1.54) is 18.9 Å². The van der Waals surface area contributed by atoms with Gasteiger partial charge in [0.1, 0.15) is 5.25 Å². The highest BCUT2D eigenvalue weighted by Gasteiger charge is 2.30. The third kappa shape index (κ3) is 6.44. The Morgan fingerprint density at radius 1 is 1.33 bits per heavy atom. The van der Waals surface area contributed by atoms with Crippen LogP contribution in [-0.2, 0) is 19.1 Å². The molecule has 1 fully saturated rings. The molecule has 9 heteroatoms. The number of nitrogens with zero attached hydrogens (tertiary/aromatic N) is 2. The smallest absolute Gasteiger partial charge is 0.320 e. The van der Waals surface area contributed by atoms with Crippen molar-refractivity contribution in [3.8, 4) is 0 Å². The Balaban J connectivity index is 1.83. The average molecular weight is 412 g/mol. The van der Waals surface area contributed by atoms with E-state index in [0.717, 1.165) is 10.6 Å². The lowest BCUT2D eigenvalue weighted by molar-refractivity contribution is -0.141. The summed E-state index contributed by atoms with van der Waals surface area (Å²) in [5, 5.41) is 2.54. The maximum absolute atomic E-state index is 12.5. The Kier molecular flexibility index (Phi) is 8.46. The molecule has 27 heavy (non-hydrogen) atoms. The Bertz CT molecular complexity index is 686. The predicted octanol–water partition coefficient (Wildman–Crippen LogP) is 1.40. The quantitative estimate of drug-likeness (QED) is 0.537. The molecule has 0 saturated carbocycles. The minimum absolute atomic E-state index is 0.0935. The van der Waals surface area contributed by atoms with E-state index in [9.17, 15) is 14.4 Å². The van der Waals surface area contributed by atoms with Gasteiger partial charge in [0.2, 0.25) is 11.8 Å². The minimum atomic E-state index is -0.343. The highest BCUT2D eigenvalue weighted by atomic mass is 32.2. The van der Waals surface area contributed by atoms with Crippen LogP contribution in [-0.4, -0.2) is 85.2 Å². The van der Waals surface area contributed by atoms with E-state index in [4.69, 9.17) is 4.74 Å². The van der Waals surface area contributed by atoms with Gasteiger partial charge >= 0.3 is 5.97 Å². The molecule has 0 unspecified atom stereocenters. The summed E-state index contributed by atoms with van der Waals surface area (Å²) >= 11 is 3.06. The van der Waals surface area contributed by atoms with E-state index >= 15 is 0 Å². The van der Waals surface area contributed by atoms with Gasteiger partial charge in [0.15, 0.2) is 0 Å². The van der Waals surface area contributed by atoms with Crippen LogP contribution >= 0.6 is 23.5 Å². The van der Waals surface area contributed by atoms with Crippen molar-refractivity contribution < 1.29 is 19.1 Å². The topological polar surface area (TPSA) is 79.0 Å². The van der Waals surface area contributed by atoms with Gasteiger partial charge in [-0.25, -0.2) is 0 Å². The lowest BCUT2D eigenvalue weighted by Gasteiger charge is -2.32. The van der Waals surface area contributed by atoms with E-state index in [2.05, 4.69) is 5.32 Å². The number of ether oxygens (including phenoxy) is 1. The number of hydrogen-bond acceptors (Lipinski definition) is 7. The van der Waals surface area contributed by atoms with Gasteiger partial charge in [-0.15, -0.1) is 23.5 Å². The molecule has 1 saturated heterocycles. The number of esters is 1. The lowest BCUT2D eigenvalue weighted by Crippen LogP contribution is -2.48. The fourth-order valence-electron chi connectivity index (χ4n) is 2.72. The van der Waals surface area contributed by atoms with E-state index < -0.39 is 0 Å². The van der Waals surface area contributed by atoms with Crippen LogP contribution in [0.5, 0.6) is 0 Å². The summed E-state index contributed by atoms with van der Waals surface area (Å²) in [6, 6.07) is 7.59. The molecule has 0 radical (unpaired) electrons. The number of likely N-dealkylation sites (N-methyl/N-ethyl adjacent to an activating group) is 1. The summed E-state index contributed by atoms with van der Waals surface area (Å²) in [4.78, 5) is 40.8. The summed E-state index contributed by atoms with van der Waals surface area (Å²) in [5.41, 5.74) is 0.767. The zero-order valence-corrected chi connectivity index (χ0v) is 17.4. The van der Waals surface area contributed by atoms with Crippen molar-refractivity contribution in [3.63, 3.8) is 0 Å². The summed E-state index contributed by atoms with van der Waals surface area (Å²) in [7, 11) is 3.08. The second-order valence-electron chi connectivity index (χ2n) is 6.14. The maximum Gasteiger partial charge on any atom is 0.320 e. The number of methoxy groups -OCH3 is 1. The molecule has 7 nitrogen and oxygen atoms in total. The lowest BCUT2D eigenvalue weighted by atomic mass is 10.3. The molecule has 1 atom stereocenters. The van der Waals surface area contributed by atoms with E-state index in [0.29, 0.717) is 18.8 Å². The van der Waals surface area contributed by atoms with Crippen LogP contribution in [0, 0.1) is 0 Å². The summed E-state index contributed by atoms with van der Waals surface area (Å²) < 4.78 is 4.76. The number of nitrogens with one attached hydrogen (secondary N) is 1. The van der Waals surface area contributed by atoms with Crippen LogP contribution in [0.4, 0.5) is 5.69 Å². The molecule has 0 bridgehead atoms. The molecule has 1 aromatic rings. The molecule has 2 rings (SSSR count). The first-order valence-electron chi connectivity index (χ1n) is 8.53. The SMILES string of the molecule is COC(=O)[C@@H]1CN(C(=O)CN(C)CC(=O)Nc2ccccc2SC)CCS1. The zero-order chi connectivity index (χ0) is 19.8. The molecule has 0 spiro atoms. The summed E-state index contributed by atoms with van der Waals surface area (Å²) in [6.45, 7) is 1.17. The second kappa shape index (κ2) is 10.6. The van der Waals surface area contributed by atoms with Gasteiger partial charge in [-0.05, 0) is 25.4 Å². The first kappa shape index (κ1) is 21.6. The van der Waals surface area contributed by atoms with Crippen LogP contribution in [0.2, 0.25) is 0 Å². The molecule has 1 aliphatic rings. The normalized spacial score (nSPS) is 16.9. The van der Waals surface area contributed by atoms with Gasteiger partial charge in [-0.3, -0.25) is 19.3 Å². The number of carbonyl (C=O) groups is 3. The van der Waals surface area contributed by atoms with Crippen molar-refractivity contribution in [3.05, 3.63) is 24.3 Å². The van der Waals surface area contributed by atoms with Crippen LogP contribution in [0.25, 0.3) is 0 Å². The third-order valence-electron chi connectivity index (χ3n) is 4.08. The molecule has 1 heterocycles. The van der Waals surface area contributed by atoms with Crippen LogP contribution in [0.15, 0.2) is 29.2 Å². The Morgan fingerprint density at radius 3 is 2.78 bits per heavy atom. The largest absolute Gasteiger partial charge is 0.468 e. The number of para-hydroxylation sites is 1. The van der Waals surface area contributed by atoms with Gasteiger partial charge in [0.05, 0.1) is 25.9 Å². The van der Waals surface area contributed by atoms with Crippen LogP contribution in [0.3, 0.4) is 0 Å². The number of thioether (sulfide) groups is 2. The van der Waals surface area contributed by atoms with Gasteiger partial charge in [0.25, 0.3) is 0 Å². The molecule has 148 valence electrons. The van der Waals surface area contributed by atoms with Crippen molar-refractivity contribution in [2.75, 3.05) is 57.7 Å². The number of rotatable bonds is 7. The highest BCUT2D eigenvalue weighted by Crippen LogP contribution is 2.24. The number of carbonyl (C=O) groups excluding carboxylic acids is 3. The molecule has 2 amide bonds. The molecular weight excluding hydrogens is 386 g/mol. The van der Waals surface area contributed by atoms with Gasteiger partial charge < -0.3 is 15.0 Å². The minimum Gasteiger partial charge on any atom is -0.468 e. The van der Waals surface area contributed by atoms with E-state index in [1.807, 2.05) is 30.5 Å². The standard InChI is InChI=1S/C18H25N3O4S2/c1-20(11-16(22)19-13-6-4-5-7-14(13)26-3)12-17(23)21-8-9-27-15(10-21)18(24)25-2/h4-7,15H,8-12H2,1-3H3,(H,19,22)/t15-/m0/s1. The summed E-state index contributed by atoms with van der Waals surface area (Å²) in [5.74, 6) is 0.122. The van der Waals surface area contributed by atoms with Crippen molar-refractivity contribution in [2.45, 2.75) is 10.1 Å². The van der Waals surface area contributed by atoms with Crippen molar-refractivity contribution >= 4 is 47.0 Å². The van der Waals surface area contributed by atoms with Gasteiger partial charge in [-0.1, -0.05) is 12.1 Å². The van der Waals surface area contributed by atoms with E-state index in [1.54, 1.807) is 28.6 Å². The van der Waals surface area contributed by atoms with Gasteiger partial charge in [-0.2, -0.15) is 0 Å². The Morgan fingerprint density at radius 2 is 2.07 bits per heavy atom. The average Bonchev–Trinajstić information content (AvgIpc) is 2.67. The van der Waals surface area contributed by atoms with Gasteiger partial charge in [0, 0.05) is 23.7 Å². The summed E-state index contributed by atoms with van der Waals surface area (Å²) in [6.07, 6.45) is 1.95. The number of hydrogen-bond donors (Lipinski definition) is 1. The monoisotopic (exact) mass is 411 g/mol. The fraction of sp³-hybridized carbons (Fsp3) is 0.500. The zero-order valence-electron chi connectivity index (χ0n) is 15.8. The van der Waals surface area contributed by atoms with Crippen LogP contribution in [0.1, 0.15) is 0 Å². The number of benzene rings is 1. The Hall–Kier alpha value is -1.71. The second-order valence-corrected chi connectivity index (χ2v) is 8.30. The maximum atomic E-state index is 12.5. The molecule has 0 aromatic heterocycles. The van der Waals surface area contributed by atoms with Crippen molar-refractivity contribution in [2.24, 2.45) is 0 Å². The van der Waals surface area contributed by atoms with Crippen molar-refractivity contribution in [1.29, 1.82) is 0 Å². The number of amides is 2. The first-order valence-corrected chi connectivity index (χ1v) is 10.8. The van der Waals surface area contributed by atoms with Crippen molar-refractivity contribution in [1.82, 2.24) is 9.80 Å². The highest BCUT2D eigenvalue weighted by molar-refractivity contribution is 8.00. The fourth-order valence-corrected chi connectivity index (χ4v) is 4.40. The molecule has 1 aliphatic heterocycles. The first-order chi connectivity index (χ1) is 12.9.